The number of hydrogen-bond acceptors (Lipinski definition) is 8. The summed E-state index contributed by atoms with van der Waals surface area (Å²) in [7, 11) is 0. The van der Waals surface area contributed by atoms with E-state index in [1.165, 1.54) is 16.7 Å². The van der Waals surface area contributed by atoms with Crippen LogP contribution in [0.5, 0.6) is 0 Å². The molecular formula is C22H31F2N5O5S2. The summed E-state index contributed by atoms with van der Waals surface area (Å²) >= 11 is 1.59. The van der Waals surface area contributed by atoms with E-state index in [1.807, 2.05) is 6.92 Å². The normalized spacial score (nSPS) is 32.7. The number of nitrogens with one attached hydrogen (secondary N) is 2. The van der Waals surface area contributed by atoms with Crippen LogP contribution in [0, 0.1) is 11.8 Å². The highest BCUT2D eigenvalue weighted by molar-refractivity contribution is 8.03. The van der Waals surface area contributed by atoms with Crippen molar-refractivity contribution in [3.63, 3.8) is 0 Å². The molecule has 0 aromatic rings. The van der Waals surface area contributed by atoms with E-state index in [-0.39, 0.29) is 46.6 Å². The standard InChI is InChI=1S/C22H31F2N5O5S2/c1-9-16-15(10(2)27-14(30)8-35-22(23)24)20(32)29(16)17(21(33)34)18(9)36-12-5-13(26-6-12)19(31)28-4-3-11(25)7-28/h9-13,15-16,22,26H,3-8,25H2,1-2H3,(H,27,30)(H,33,34)/t9?,10-,11+,12+,13?,15-,16-/m1/s1. The Morgan fingerprint density at radius 2 is 2.06 bits per heavy atom. The van der Waals surface area contributed by atoms with Crippen LogP contribution in [0.25, 0.3) is 0 Å². The summed E-state index contributed by atoms with van der Waals surface area (Å²) in [4.78, 5) is 53.6. The third-order valence-electron chi connectivity index (χ3n) is 7.28. The van der Waals surface area contributed by atoms with E-state index in [0.717, 1.165) is 6.42 Å². The number of fused-ring (bicyclic) bond motifs is 1. The van der Waals surface area contributed by atoms with Crippen LogP contribution in [0.3, 0.4) is 0 Å². The Morgan fingerprint density at radius 1 is 1.33 bits per heavy atom. The lowest BCUT2D eigenvalue weighted by Gasteiger charge is -2.47. The topological polar surface area (TPSA) is 145 Å². The van der Waals surface area contributed by atoms with E-state index in [4.69, 9.17) is 5.73 Å². The lowest BCUT2D eigenvalue weighted by Crippen LogP contribution is -2.66. The van der Waals surface area contributed by atoms with Gasteiger partial charge in [-0.15, -0.1) is 11.8 Å². The zero-order valence-electron chi connectivity index (χ0n) is 20.0. The van der Waals surface area contributed by atoms with Gasteiger partial charge in [-0.1, -0.05) is 18.7 Å². The number of carboxylic acids is 1. The molecule has 3 saturated heterocycles. The molecule has 3 fully saturated rings. The molecule has 14 heteroatoms. The van der Waals surface area contributed by atoms with Gasteiger partial charge in [-0.05, 0) is 19.8 Å². The molecule has 10 nitrogen and oxygen atoms in total. The molecule has 5 N–H and O–H groups in total. The van der Waals surface area contributed by atoms with Crippen LogP contribution in [-0.4, -0.2) is 99.2 Å². The van der Waals surface area contributed by atoms with Crippen LogP contribution in [-0.2, 0) is 19.2 Å². The molecule has 4 aliphatic rings. The summed E-state index contributed by atoms with van der Waals surface area (Å²) in [5.41, 5.74) is 5.87. The number of hydrogen-bond donors (Lipinski definition) is 4. The number of carbonyl (C=O) groups excluding carboxylic acids is 3. The van der Waals surface area contributed by atoms with Crippen molar-refractivity contribution in [1.29, 1.82) is 0 Å². The lowest BCUT2D eigenvalue weighted by atomic mass is 9.78. The summed E-state index contributed by atoms with van der Waals surface area (Å²) in [5.74, 6) is -6.23. The highest BCUT2D eigenvalue weighted by atomic mass is 32.2. The minimum atomic E-state index is -2.67. The van der Waals surface area contributed by atoms with Gasteiger partial charge in [0.05, 0.1) is 23.8 Å². The number of halogens is 2. The second kappa shape index (κ2) is 10.8. The van der Waals surface area contributed by atoms with Crippen molar-refractivity contribution in [3.05, 3.63) is 10.6 Å². The number of aliphatic carboxylic acids is 1. The number of likely N-dealkylation sites (tertiary alicyclic amines) is 1. The minimum Gasteiger partial charge on any atom is -0.477 e. The van der Waals surface area contributed by atoms with Crippen molar-refractivity contribution in [3.8, 4) is 0 Å². The average molecular weight is 548 g/mol. The molecule has 3 amide bonds. The molecule has 0 bridgehead atoms. The molecule has 0 aromatic heterocycles. The number of carbonyl (C=O) groups is 4. The van der Waals surface area contributed by atoms with Crippen molar-refractivity contribution in [1.82, 2.24) is 20.4 Å². The maximum Gasteiger partial charge on any atom is 0.353 e. The zero-order valence-corrected chi connectivity index (χ0v) is 21.6. The van der Waals surface area contributed by atoms with Crippen LogP contribution in [0.15, 0.2) is 10.6 Å². The Labute approximate surface area is 216 Å². The number of alkyl halides is 2. The Hall–Kier alpha value is -1.90. The molecule has 2 unspecified atom stereocenters. The van der Waals surface area contributed by atoms with Gasteiger partial charge in [-0.2, -0.15) is 8.78 Å². The first-order chi connectivity index (χ1) is 17.0. The van der Waals surface area contributed by atoms with Crippen molar-refractivity contribution in [2.24, 2.45) is 17.6 Å². The molecular weight excluding hydrogens is 516 g/mol. The quantitative estimate of drug-likeness (QED) is 0.298. The van der Waals surface area contributed by atoms with Crippen molar-refractivity contribution in [2.75, 3.05) is 25.4 Å². The van der Waals surface area contributed by atoms with Crippen molar-refractivity contribution < 1.29 is 33.1 Å². The Kier molecular flexibility index (Phi) is 8.17. The third kappa shape index (κ3) is 5.22. The molecule has 4 aliphatic heterocycles. The molecule has 0 aliphatic carbocycles. The minimum absolute atomic E-state index is 0.00610. The summed E-state index contributed by atoms with van der Waals surface area (Å²) in [6.45, 7) is 5.19. The highest BCUT2D eigenvalue weighted by Crippen LogP contribution is 2.51. The first kappa shape index (κ1) is 27.1. The fourth-order valence-corrected chi connectivity index (χ4v) is 7.43. The third-order valence-corrected chi connectivity index (χ3v) is 9.47. The largest absolute Gasteiger partial charge is 0.477 e. The van der Waals surface area contributed by atoms with E-state index in [2.05, 4.69) is 10.6 Å². The van der Waals surface area contributed by atoms with Crippen LogP contribution in [0.2, 0.25) is 0 Å². The highest BCUT2D eigenvalue weighted by Gasteiger charge is 2.60. The summed E-state index contributed by atoms with van der Waals surface area (Å²) < 4.78 is 24.8. The summed E-state index contributed by atoms with van der Waals surface area (Å²) in [6, 6.07) is -1.44. The smallest absolute Gasteiger partial charge is 0.353 e. The van der Waals surface area contributed by atoms with Crippen molar-refractivity contribution in [2.45, 2.75) is 61.9 Å². The first-order valence-electron chi connectivity index (χ1n) is 11.9. The van der Waals surface area contributed by atoms with Crippen LogP contribution in [0.4, 0.5) is 8.78 Å². The lowest BCUT2D eigenvalue weighted by molar-refractivity contribution is -0.158. The number of β-lactam (4-membered cyclic amide) rings is 1. The van der Waals surface area contributed by atoms with Gasteiger partial charge in [0.15, 0.2) is 0 Å². The first-order valence-corrected chi connectivity index (χ1v) is 13.9. The molecule has 0 radical (unpaired) electrons. The van der Waals surface area contributed by atoms with Crippen molar-refractivity contribution >= 4 is 47.2 Å². The van der Waals surface area contributed by atoms with E-state index >= 15 is 0 Å². The maximum absolute atomic E-state index is 13.0. The van der Waals surface area contributed by atoms with E-state index < -0.39 is 47.3 Å². The van der Waals surface area contributed by atoms with Gasteiger partial charge >= 0.3 is 5.97 Å². The SMILES string of the molecule is CC1C(S[C@@H]2CNC(C(=O)N3CC[C@H](N)C3)C2)=C(C(=O)O)N2C(=O)[C@H]([C@@H](C)NC(=O)CSC(F)F)[C@@H]12. The number of rotatable bonds is 9. The Morgan fingerprint density at radius 3 is 2.67 bits per heavy atom. The van der Waals surface area contributed by atoms with Gasteiger partial charge in [0.2, 0.25) is 17.7 Å². The average Bonchev–Trinajstić information content (AvgIpc) is 3.50. The molecule has 4 rings (SSSR count). The summed E-state index contributed by atoms with van der Waals surface area (Å²) in [6.07, 6.45) is 1.31. The van der Waals surface area contributed by atoms with Gasteiger partial charge in [0.1, 0.15) is 5.70 Å². The fourth-order valence-electron chi connectivity index (χ4n) is 5.59. The molecule has 0 aromatic carbocycles. The van der Waals surface area contributed by atoms with Crippen LogP contribution < -0.4 is 16.4 Å². The van der Waals surface area contributed by atoms with Gasteiger partial charge in [-0.25, -0.2) is 4.79 Å². The number of carboxylic acid groups (broad SMARTS) is 1. The predicted octanol–water partition coefficient (Wildman–Crippen LogP) is 0.243. The van der Waals surface area contributed by atoms with Gasteiger partial charge < -0.3 is 31.3 Å². The number of nitrogens with two attached hydrogens (primary N) is 1. The fraction of sp³-hybridized carbons (Fsp3) is 0.727. The van der Waals surface area contributed by atoms with Gasteiger partial charge in [-0.3, -0.25) is 14.4 Å². The molecule has 200 valence electrons. The van der Waals surface area contributed by atoms with Gasteiger partial charge in [0.25, 0.3) is 5.76 Å². The zero-order chi connectivity index (χ0) is 26.3. The second-order valence-electron chi connectivity index (χ2n) is 9.73. The number of nitrogens with zero attached hydrogens (tertiary/aromatic N) is 2. The molecule has 0 saturated carbocycles. The molecule has 0 spiro atoms. The molecule has 4 heterocycles. The maximum atomic E-state index is 13.0. The van der Waals surface area contributed by atoms with E-state index in [0.29, 0.717) is 31.0 Å². The summed E-state index contributed by atoms with van der Waals surface area (Å²) in [5, 5.41) is 15.7. The van der Waals surface area contributed by atoms with Crippen LogP contribution >= 0.6 is 23.5 Å². The molecule has 36 heavy (non-hydrogen) atoms. The Balaban J connectivity index is 1.40. The predicted molar refractivity (Wildman–Crippen MR) is 131 cm³/mol. The second-order valence-corrected chi connectivity index (χ2v) is 12.0. The monoisotopic (exact) mass is 547 g/mol. The number of thioether (sulfide) groups is 2. The van der Waals surface area contributed by atoms with Gasteiger partial charge in [0, 0.05) is 47.8 Å². The van der Waals surface area contributed by atoms with E-state index in [9.17, 15) is 33.1 Å². The Bertz CT molecular complexity index is 969. The molecule has 7 atom stereocenters. The van der Waals surface area contributed by atoms with E-state index in [1.54, 1.807) is 11.8 Å². The number of amides is 3. The van der Waals surface area contributed by atoms with Crippen LogP contribution in [0.1, 0.15) is 26.7 Å².